The number of para-hydroxylation sites is 1. The van der Waals surface area contributed by atoms with Gasteiger partial charge in [0, 0.05) is 6.42 Å². The maximum atomic E-state index is 11.8. The number of primary amides is 1. The van der Waals surface area contributed by atoms with Crippen molar-refractivity contribution in [3.05, 3.63) is 53.7 Å². The molecular weight excluding hydrogens is 326 g/mol. The first-order chi connectivity index (χ1) is 11.7. The van der Waals surface area contributed by atoms with Crippen LogP contribution >= 0.6 is 11.3 Å². The van der Waals surface area contributed by atoms with Crippen molar-refractivity contribution < 1.29 is 9.32 Å². The summed E-state index contributed by atoms with van der Waals surface area (Å²) < 4.78 is 5.32. The van der Waals surface area contributed by atoms with Crippen LogP contribution in [-0.4, -0.2) is 27.8 Å². The predicted octanol–water partition coefficient (Wildman–Crippen LogP) is 2.27. The SMILES string of the molecule is NC(=O)C1CC(c2nc(-c3cccs3)no2)=NN1c1ccccc1. The molecule has 1 aliphatic rings. The van der Waals surface area contributed by atoms with Gasteiger partial charge in [-0.05, 0) is 23.6 Å². The number of hydrazone groups is 1. The van der Waals surface area contributed by atoms with Gasteiger partial charge in [0.15, 0.2) is 0 Å². The van der Waals surface area contributed by atoms with E-state index in [0.717, 1.165) is 10.6 Å². The van der Waals surface area contributed by atoms with Crippen molar-refractivity contribution in [2.24, 2.45) is 10.8 Å². The number of benzene rings is 1. The summed E-state index contributed by atoms with van der Waals surface area (Å²) in [6.45, 7) is 0. The number of hydrogen-bond donors (Lipinski definition) is 1. The second-order valence-corrected chi connectivity index (χ2v) is 6.20. The first kappa shape index (κ1) is 14.6. The molecule has 1 aliphatic heterocycles. The Labute approximate surface area is 141 Å². The van der Waals surface area contributed by atoms with Gasteiger partial charge in [-0.2, -0.15) is 10.1 Å². The third-order valence-corrected chi connectivity index (χ3v) is 4.54. The first-order valence-electron chi connectivity index (χ1n) is 7.31. The normalized spacial score (nSPS) is 17.1. The summed E-state index contributed by atoms with van der Waals surface area (Å²) in [4.78, 5) is 17.1. The minimum Gasteiger partial charge on any atom is -0.368 e. The van der Waals surface area contributed by atoms with E-state index in [1.54, 1.807) is 5.01 Å². The van der Waals surface area contributed by atoms with Gasteiger partial charge in [-0.25, -0.2) is 0 Å². The fourth-order valence-corrected chi connectivity index (χ4v) is 3.18. The summed E-state index contributed by atoms with van der Waals surface area (Å²) in [6, 6.07) is 12.7. The minimum atomic E-state index is -0.570. The molecule has 0 aliphatic carbocycles. The molecule has 0 radical (unpaired) electrons. The van der Waals surface area contributed by atoms with E-state index in [2.05, 4.69) is 15.2 Å². The molecule has 1 aromatic carbocycles. The van der Waals surface area contributed by atoms with Crippen molar-refractivity contribution in [2.75, 3.05) is 5.01 Å². The number of anilines is 1. The van der Waals surface area contributed by atoms with E-state index in [9.17, 15) is 4.79 Å². The van der Waals surface area contributed by atoms with E-state index in [1.165, 1.54) is 11.3 Å². The standard InChI is InChI=1S/C16H13N5O2S/c17-14(22)12-9-11(19-21(12)10-5-2-1-3-6-10)16-18-15(20-23-16)13-7-4-8-24-13/h1-8,12H,9H2,(H2,17,22). The summed E-state index contributed by atoms with van der Waals surface area (Å²) in [6.07, 6.45) is 0.330. The van der Waals surface area contributed by atoms with Gasteiger partial charge >= 0.3 is 0 Å². The number of amides is 1. The highest BCUT2D eigenvalue weighted by Gasteiger charge is 2.35. The molecule has 8 heteroatoms. The van der Waals surface area contributed by atoms with Crippen LogP contribution in [-0.2, 0) is 4.79 Å². The van der Waals surface area contributed by atoms with Crippen molar-refractivity contribution >= 4 is 28.6 Å². The van der Waals surface area contributed by atoms with Gasteiger partial charge in [0.1, 0.15) is 11.8 Å². The quantitative estimate of drug-likeness (QED) is 0.786. The maximum absolute atomic E-state index is 11.8. The smallest absolute Gasteiger partial charge is 0.274 e. The molecule has 24 heavy (non-hydrogen) atoms. The monoisotopic (exact) mass is 339 g/mol. The average molecular weight is 339 g/mol. The van der Waals surface area contributed by atoms with E-state index < -0.39 is 11.9 Å². The lowest BCUT2D eigenvalue weighted by molar-refractivity contribution is -0.119. The lowest BCUT2D eigenvalue weighted by Crippen LogP contribution is -2.39. The van der Waals surface area contributed by atoms with Crippen LogP contribution in [0.1, 0.15) is 12.3 Å². The van der Waals surface area contributed by atoms with E-state index in [0.29, 0.717) is 23.8 Å². The van der Waals surface area contributed by atoms with Crippen molar-refractivity contribution in [1.82, 2.24) is 10.1 Å². The molecule has 2 N–H and O–H groups in total. The van der Waals surface area contributed by atoms with E-state index >= 15 is 0 Å². The molecule has 1 amide bonds. The number of carbonyl (C=O) groups is 1. The predicted molar refractivity (Wildman–Crippen MR) is 90.7 cm³/mol. The number of carbonyl (C=O) groups excluding carboxylic acids is 1. The highest BCUT2D eigenvalue weighted by Crippen LogP contribution is 2.27. The second kappa shape index (κ2) is 5.89. The fourth-order valence-electron chi connectivity index (χ4n) is 2.53. The van der Waals surface area contributed by atoms with Crippen LogP contribution in [0.25, 0.3) is 10.7 Å². The maximum Gasteiger partial charge on any atom is 0.274 e. The van der Waals surface area contributed by atoms with E-state index in [4.69, 9.17) is 10.3 Å². The van der Waals surface area contributed by atoms with Gasteiger partial charge in [-0.15, -0.1) is 11.3 Å². The Bertz CT molecular complexity index is 888. The molecule has 0 saturated carbocycles. The Morgan fingerprint density at radius 3 is 2.79 bits per heavy atom. The molecule has 0 bridgehead atoms. The molecule has 7 nitrogen and oxygen atoms in total. The van der Waals surface area contributed by atoms with Gasteiger partial charge in [-0.3, -0.25) is 9.80 Å². The molecule has 3 heterocycles. The number of thiophene rings is 1. The van der Waals surface area contributed by atoms with Crippen LogP contribution < -0.4 is 10.7 Å². The topological polar surface area (TPSA) is 97.6 Å². The van der Waals surface area contributed by atoms with Crippen LogP contribution in [0.4, 0.5) is 5.69 Å². The van der Waals surface area contributed by atoms with Gasteiger partial charge in [0.05, 0.1) is 10.6 Å². The molecule has 3 aromatic rings. The average Bonchev–Trinajstić information content (AvgIpc) is 3.33. The lowest BCUT2D eigenvalue weighted by atomic mass is 10.1. The summed E-state index contributed by atoms with van der Waals surface area (Å²) in [5, 5.41) is 12.0. The molecule has 1 atom stereocenters. The third kappa shape index (κ3) is 2.56. The number of nitrogens with two attached hydrogens (primary N) is 1. The van der Waals surface area contributed by atoms with Crippen LogP contribution in [0.2, 0.25) is 0 Å². The Kier molecular flexibility index (Phi) is 3.58. The number of aromatic nitrogens is 2. The first-order valence-corrected chi connectivity index (χ1v) is 8.19. The molecular formula is C16H13N5O2S. The molecule has 2 aromatic heterocycles. The zero-order valence-corrected chi connectivity index (χ0v) is 13.3. The summed E-state index contributed by atoms with van der Waals surface area (Å²) in [7, 11) is 0. The molecule has 0 fully saturated rings. The van der Waals surface area contributed by atoms with Gasteiger partial charge in [0.25, 0.3) is 5.89 Å². The third-order valence-electron chi connectivity index (χ3n) is 3.67. The van der Waals surface area contributed by atoms with Crippen LogP contribution in [0.3, 0.4) is 0 Å². The molecule has 0 saturated heterocycles. The largest absolute Gasteiger partial charge is 0.368 e. The molecule has 1 unspecified atom stereocenters. The highest BCUT2D eigenvalue weighted by molar-refractivity contribution is 7.13. The molecule has 4 rings (SSSR count). The summed E-state index contributed by atoms with van der Waals surface area (Å²) >= 11 is 1.53. The van der Waals surface area contributed by atoms with Gasteiger partial charge in [0.2, 0.25) is 11.7 Å². The van der Waals surface area contributed by atoms with E-state index in [-0.39, 0.29) is 0 Å². The zero-order chi connectivity index (χ0) is 16.5. The van der Waals surface area contributed by atoms with Gasteiger partial charge in [-0.1, -0.05) is 29.4 Å². The summed E-state index contributed by atoms with van der Waals surface area (Å²) in [5.74, 6) is 0.371. The van der Waals surface area contributed by atoms with Crippen molar-refractivity contribution in [3.63, 3.8) is 0 Å². The molecule has 120 valence electrons. The number of rotatable bonds is 4. The Morgan fingerprint density at radius 2 is 2.08 bits per heavy atom. The Hall–Kier alpha value is -3.00. The fraction of sp³-hybridized carbons (Fsp3) is 0.125. The Morgan fingerprint density at radius 1 is 1.25 bits per heavy atom. The number of nitrogens with zero attached hydrogens (tertiary/aromatic N) is 4. The molecule has 0 spiro atoms. The highest BCUT2D eigenvalue weighted by atomic mass is 32.1. The zero-order valence-electron chi connectivity index (χ0n) is 12.5. The van der Waals surface area contributed by atoms with Crippen LogP contribution in [0.5, 0.6) is 0 Å². The van der Waals surface area contributed by atoms with E-state index in [1.807, 2.05) is 47.8 Å². The number of hydrogen-bond acceptors (Lipinski definition) is 7. The van der Waals surface area contributed by atoms with Gasteiger partial charge < -0.3 is 10.3 Å². The summed E-state index contributed by atoms with van der Waals surface area (Å²) in [5.41, 5.74) is 6.87. The minimum absolute atomic E-state index is 0.308. The second-order valence-electron chi connectivity index (χ2n) is 5.25. The lowest BCUT2D eigenvalue weighted by Gasteiger charge is -2.20. The van der Waals surface area contributed by atoms with Crippen LogP contribution in [0, 0.1) is 0 Å². The Balaban J connectivity index is 1.67. The van der Waals surface area contributed by atoms with Crippen molar-refractivity contribution in [1.29, 1.82) is 0 Å². The van der Waals surface area contributed by atoms with Crippen LogP contribution in [0.15, 0.2) is 57.5 Å². The van der Waals surface area contributed by atoms with Crippen molar-refractivity contribution in [3.8, 4) is 10.7 Å². The van der Waals surface area contributed by atoms with Crippen molar-refractivity contribution in [2.45, 2.75) is 12.5 Å².